The first-order valence-electron chi connectivity index (χ1n) is 3.83. The standard InChI is InChI=1S/C9H8N2O2/c12-5-7-6-3-1-2-4-8(6)10-9(7)11-13/h1-5,10-11,13H. The molecule has 1 heterocycles. The number of carbonyl (C=O) groups excluding carboxylic acids is 1. The van der Waals surface area contributed by atoms with Gasteiger partial charge in [-0.3, -0.25) is 15.5 Å². The first-order chi connectivity index (χ1) is 6.36. The Morgan fingerprint density at radius 1 is 1.38 bits per heavy atom. The Labute approximate surface area is 74.1 Å². The third kappa shape index (κ3) is 1.08. The first-order valence-corrected chi connectivity index (χ1v) is 3.83. The number of hydrogen-bond donors (Lipinski definition) is 3. The van der Waals surface area contributed by atoms with E-state index in [4.69, 9.17) is 5.21 Å². The fourth-order valence-corrected chi connectivity index (χ4v) is 1.37. The Hall–Kier alpha value is -1.81. The number of nitrogens with one attached hydrogen (secondary N) is 2. The molecule has 0 bridgehead atoms. The Bertz CT molecular complexity index is 448. The van der Waals surface area contributed by atoms with E-state index in [1.165, 1.54) is 0 Å². The highest BCUT2D eigenvalue weighted by Crippen LogP contribution is 2.23. The predicted molar refractivity (Wildman–Crippen MR) is 49.1 cm³/mol. The van der Waals surface area contributed by atoms with E-state index in [9.17, 15) is 4.79 Å². The second kappa shape index (κ2) is 2.91. The molecule has 0 saturated carbocycles. The van der Waals surface area contributed by atoms with Crippen molar-refractivity contribution >= 4 is 23.0 Å². The van der Waals surface area contributed by atoms with Gasteiger partial charge in [-0.25, -0.2) is 0 Å². The summed E-state index contributed by atoms with van der Waals surface area (Å²) >= 11 is 0. The molecule has 0 atom stereocenters. The second-order valence-corrected chi connectivity index (χ2v) is 2.69. The molecule has 0 aliphatic carbocycles. The van der Waals surface area contributed by atoms with Gasteiger partial charge >= 0.3 is 0 Å². The van der Waals surface area contributed by atoms with Crippen LogP contribution in [0.1, 0.15) is 10.4 Å². The lowest BCUT2D eigenvalue weighted by atomic mass is 10.2. The molecule has 0 saturated heterocycles. The molecule has 2 rings (SSSR count). The van der Waals surface area contributed by atoms with Crippen molar-refractivity contribution in [2.75, 3.05) is 5.48 Å². The molecule has 1 aromatic heterocycles. The molecule has 0 amide bonds. The van der Waals surface area contributed by atoms with Crippen LogP contribution < -0.4 is 5.48 Å². The average Bonchev–Trinajstić information content (AvgIpc) is 2.55. The molecule has 13 heavy (non-hydrogen) atoms. The smallest absolute Gasteiger partial charge is 0.154 e. The van der Waals surface area contributed by atoms with Gasteiger partial charge in [0.2, 0.25) is 0 Å². The minimum atomic E-state index is 0.330. The van der Waals surface area contributed by atoms with Gasteiger partial charge in [-0.05, 0) is 6.07 Å². The van der Waals surface area contributed by atoms with E-state index in [1.54, 1.807) is 0 Å². The maximum atomic E-state index is 10.7. The lowest BCUT2D eigenvalue weighted by Crippen LogP contribution is -1.92. The number of para-hydroxylation sites is 1. The molecular formula is C9H8N2O2. The van der Waals surface area contributed by atoms with Crippen LogP contribution in [-0.4, -0.2) is 16.5 Å². The zero-order valence-corrected chi connectivity index (χ0v) is 6.74. The van der Waals surface area contributed by atoms with Gasteiger partial charge < -0.3 is 4.98 Å². The third-order valence-corrected chi connectivity index (χ3v) is 1.98. The predicted octanol–water partition coefficient (Wildman–Crippen LogP) is 1.78. The van der Waals surface area contributed by atoms with Crippen LogP contribution in [0.5, 0.6) is 0 Å². The van der Waals surface area contributed by atoms with Gasteiger partial charge in [0.05, 0.1) is 5.56 Å². The zero-order valence-electron chi connectivity index (χ0n) is 6.74. The summed E-state index contributed by atoms with van der Waals surface area (Å²) in [6, 6.07) is 7.35. The summed E-state index contributed by atoms with van der Waals surface area (Å²) in [5.74, 6) is 0.330. The van der Waals surface area contributed by atoms with E-state index in [0.29, 0.717) is 17.7 Å². The number of rotatable bonds is 2. The van der Waals surface area contributed by atoms with Crippen molar-refractivity contribution in [3.8, 4) is 0 Å². The largest absolute Gasteiger partial charge is 0.339 e. The van der Waals surface area contributed by atoms with E-state index in [1.807, 2.05) is 29.7 Å². The fourth-order valence-electron chi connectivity index (χ4n) is 1.37. The highest BCUT2D eigenvalue weighted by atomic mass is 16.5. The van der Waals surface area contributed by atoms with Crippen LogP contribution in [0.4, 0.5) is 5.82 Å². The fraction of sp³-hybridized carbons (Fsp3) is 0. The summed E-state index contributed by atoms with van der Waals surface area (Å²) in [5, 5.41) is 9.51. The number of hydrogen-bond acceptors (Lipinski definition) is 3. The highest BCUT2D eigenvalue weighted by Gasteiger charge is 2.08. The summed E-state index contributed by atoms with van der Waals surface area (Å²) in [4.78, 5) is 13.6. The molecule has 0 aliphatic rings. The normalized spacial score (nSPS) is 10.2. The number of anilines is 1. The van der Waals surface area contributed by atoms with Crippen molar-refractivity contribution < 1.29 is 10.0 Å². The molecule has 1 aromatic carbocycles. The number of aromatic nitrogens is 1. The summed E-state index contributed by atoms with van der Waals surface area (Å²) in [6.45, 7) is 0. The minimum Gasteiger partial charge on any atom is -0.339 e. The van der Waals surface area contributed by atoms with Crippen LogP contribution in [-0.2, 0) is 0 Å². The van der Waals surface area contributed by atoms with Crippen LogP contribution in [0.25, 0.3) is 10.9 Å². The Kier molecular flexibility index (Phi) is 1.75. The first kappa shape index (κ1) is 7.82. The molecule has 66 valence electrons. The molecule has 2 aromatic rings. The lowest BCUT2D eigenvalue weighted by Gasteiger charge is -1.92. The van der Waals surface area contributed by atoms with Gasteiger partial charge in [-0.15, -0.1) is 0 Å². The molecule has 0 fully saturated rings. The van der Waals surface area contributed by atoms with Crippen LogP contribution in [0.3, 0.4) is 0 Å². The van der Waals surface area contributed by atoms with Crippen molar-refractivity contribution in [1.29, 1.82) is 0 Å². The topological polar surface area (TPSA) is 65.1 Å². The van der Waals surface area contributed by atoms with Crippen LogP contribution in [0.15, 0.2) is 24.3 Å². The lowest BCUT2D eigenvalue weighted by molar-refractivity contribution is 0.112. The highest BCUT2D eigenvalue weighted by molar-refractivity contribution is 6.02. The number of aromatic amines is 1. The molecule has 0 unspecified atom stereocenters. The second-order valence-electron chi connectivity index (χ2n) is 2.69. The Balaban J connectivity index is 2.81. The summed E-state index contributed by atoms with van der Waals surface area (Å²) in [7, 11) is 0. The molecule has 0 aliphatic heterocycles. The van der Waals surface area contributed by atoms with E-state index >= 15 is 0 Å². The number of H-pyrrole nitrogens is 1. The van der Waals surface area contributed by atoms with Crippen LogP contribution >= 0.6 is 0 Å². The minimum absolute atomic E-state index is 0.330. The van der Waals surface area contributed by atoms with Crippen LogP contribution in [0, 0.1) is 0 Å². The van der Waals surface area contributed by atoms with E-state index < -0.39 is 0 Å². The average molecular weight is 176 g/mol. The molecular weight excluding hydrogens is 168 g/mol. The van der Waals surface area contributed by atoms with E-state index in [-0.39, 0.29) is 0 Å². The number of benzene rings is 1. The number of fused-ring (bicyclic) bond motifs is 1. The molecule has 4 nitrogen and oxygen atoms in total. The van der Waals surface area contributed by atoms with E-state index in [0.717, 1.165) is 10.9 Å². The van der Waals surface area contributed by atoms with Crippen LogP contribution in [0.2, 0.25) is 0 Å². The van der Waals surface area contributed by atoms with Gasteiger partial charge in [-0.1, -0.05) is 18.2 Å². The van der Waals surface area contributed by atoms with Gasteiger partial charge in [0, 0.05) is 10.9 Å². The van der Waals surface area contributed by atoms with Gasteiger partial charge in [0.15, 0.2) is 6.29 Å². The monoisotopic (exact) mass is 176 g/mol. The summed E-state index contributed by atoms with van der Waals surface area (Å²) in [5.41, 5.74) is 3.21. The summed E-state index contributed by atoms with van der Waals surface area (Å²) < 4.78 is 0. The van der Waals surface area contributed by atoms with Crippen molar-refractivity contribution in [2.24, 2.45) is 0 Å². The Morgan fingerprint density at radius 2 is 2.15 bits per heavy atom. The molecule has 3 N–H and O–H groups in total. The maximum absolute atomic E-state index is 10.7. The van der Waals surface area contributed by atoms with Crippen molar-refractivity contribution in [3.63, 3.8) is 0 Å². The quantitative estimate of drug-likeness (QED) is 0.482. The van der Waals surface area contributed by atoms with Gasteiger partial charge in [0.1, 0.15) is 5.82 Å². The van der Waals surface area contributed by atoms with Gasteiger partial charge in [0.25, 0.3) is 0 Å². The summed E-state index contributed by atoms with van der Waals surface area (Å²) in [6.07, 6.45) is 0.706. The number of carbonyl (C=O) groups is 1. The Morgan fingerprint density at radius 3 is 2.85 bits per heavy atom. The van der Waals surface area contributed by atoms with Crippen molar-refractivity contribution in [2.45, 2.75) is 0 Å². The molecule has 0 spiro atoms. The van der Waals surface area contributed by atoms with Crippen molar-refractivity contribution in [1.82, 2.24) is 4.98 Å². The maximum Gasteiger partial charge on any atom is 0.154 e. The molecule has 4 heteroatoms. The zero-order chi connectivity index (χ0) is 9.26. The van der Waals surface area contributed by atoms with Crippen molar-refractivity contribution in [3.05, 3.63) is 29.8 Å². The van der Waals surface area contributed by atoms with Gasteiger partial charge in [-0.2, -0.15) is 0 Å². The van der Waals surface area contributed by atoms with E-state index in [2.05, 4.69) is 4.98 Å². The number of aldehydes is 1. The third-order valence-electron chi connectivity index (χ3n) is 1.98. The molecule has 0 radical (unpaired) electrons. The SMILES string of the molecule is O=Cc1c(NO)[nH]c2ccccc12.